The highest BCUT2D eigenvalue weighted by Gasteiger charge is 1.98. The van der Waals surface area contributed by atoms with Crippen LogP contribution in [0.1, 0.15) is 0 Å². The molecule has 0 bridgehead atoms. The summed E-state index contributed by atoms with van der Waals surface area (Å²) in [6, 6.07) is 1.86. The molecular formula is C7H8N4. The highest BCUT2D eigenvalue weighted by Crippen LogP contribution is 2.11. The Kier molecular flexibility index (Phi) is 1.09. The zero-order chi connectivity index (χ0) is 7.84. The van der Waals surface area contributed by atoms with Crippen LogP contribution < -0.4 is 5.73 Å². The van der Waals surface area contributed by atoms with Gasteiger partial charge in [-0.15, -0.1) is 0 Å². The summed E-state index contributed by atoms with van der Waals surface area (Å²) in [5, 5.41) is 4.04. The molecule has 0 radical (unpaired) electrons. The van der Waals surface area contributed by atoms with Gasteiger partial charge in [0.25, 0.3) is 0 Å². The fourth-order valence-electron chi connectivity index (χ4n) is 1.04. The molecule has 0 spiro atoms. The SMILES string of the molecule is Cn1ncc2ncc(N)cc21. The molecule has 0 saturated carbocycles. The number of fused-ring (bicyclic) bond motifs is 1. The van der Waals surface area contributed by atoms with E-state index in [-0.39, 0.29) is 0 Å². The lowest BCUT2D eigenvalue weighted by molar-refractivity contribution is 0.797. The van der Waals surface area contributed by atoms with Crippen LogP contribution in [0, 0.1) is 0 Å². The Morgan fingerprint density at radius 3 is 3.09 bits per heavy atom. The van der Waals surface area contributed by atoms with Crippen LogP contribution >= 0.6 is 0 Å². The minimum atomic E-state index is 0.668. The third-order valence-electron chi connectivity index (χ3n) is 1.62. The van der Waals surface area contributed by atoms with Gasteiger partial charge in [0, 0.05) is 7.05 Å². The van der Waals surface area contributed by atoms with Gasteiger partial charge in [0.15, 0.2) is 0 Å². The molecular weight excluding hydrogens is 140 g/mol. The quantitative estimate of drug-likeness (QED) is 0.593. The molecule has 0 unspecified atom stereocenters. The Balaban J connectivity index is 2.87. The Hall–Kier alpha value is -1.58. The van der Waals surface area contributed by atoms with Crippen LogP contribution in [0.15, 0.2) is 18.5 Å². The van der Waals surface area contributed by atoms with Crippen LogP contribution in [0.5, 0.6) is 0 Å². The predicted octanol–water partition coefficient (Wildman–Crippen LogP) is 0.550. The second-order valence-electron chi connectivity index (χ2n) is 2.44. The summed E-state index contributed by atoms with van der Waals surface area (Å²) < 4.78 is 1.75. The Labute approximate surface area is 63.6 Å². The first-order valence-corrected chi connectivity index (χ1v) is 3.30. The third-order valence-corrected chi connectivity index (χ3v) is 1.62. The molecule has 0 fully saturated rings. The minimum Gasteiger partial charge on any atom is -0.397 e. The molecule has 4 nitrogen and oxygen atoms in total. The Morgan fingerprint density at radius 1 is 1.45 bits per heavy atom. The van der Waals surface area contributed by atoms with E-state index in [1.165, 1.54) is 0 Å². The lowest BCUT2D eigenvalue weighted by Gasteiger charge is -1.93. The van der Waals surface area contributed by atoms with E-state index >= 15 is 0 Å². The van der Waals surface area contributed by atoms with E-state index in [2.05, 4.69) is 10.1 Å². The number of aromatic nitrogens is 3. The summed E-state index contributed by atoms with van der Waals surface area (Å²) in [4.78, 5) is 4.09. The van der Waals surface area contributed by atoms with Crippen molar-refractivity contribution in [2.24, 2.45) is 7.05 Å². The van der Waals surface area contributed by atoms with Crippen LogP contribution in [0.25, 0.3) is 11.0 Å². The van der Waals surface area contributed by atoms with Gasteiger partial charge < -0.3 is 5.73 Å². The van der Waals surface area contributed by atoms with E-state index in [0.717, 1.165) is 11.0 Å². The fraction of sp³-hybridized carbons (Fsp3) is 0.143. The number of nitrogens with two attached hydrogens (primary N) is 1. The molecule has 0 aromatic carbocycles. The number of nitrogens with zero attached hydrogens (tertiary/aromatic N) is 3. The molecule has 0 atom stereocenters. The topological polar surface area (TPSA) is 56.7 Å². The summed E-state index contributed by atoms with van der Waals surface area (Å²) in [6.07, 6.45) is 3.35. The number of aryl methyl sites for hydroxylation is 1. The van der Waals surface area contributed by atoms with Gasteiger partial charge in [0.2, 0.25) is 0 Å². The first-order valence-electron chi connectivity index (χ1n) is 3.30. The molecule has 4 heteroatoms. The van der Waals surface area contributed by atoms with Crippen molar-refractivity contribution in [3.8, 4) is 0 Å². The number of hydrogen-bond acceptors (Lipinski definition) is 3. The zero-order valence-electron chi connectivity index (χ0n) is 6.15. The average Bonchev–Trinajstić information content (AvgIpc) is 2.33. The number of anilines is 1. The van der Waals surface area contributed by atoms with Crippen molar-refractivity contribution in [1.82, 2.24) is 14.8 Å². The lowest BCUT2D eigenvalue weighted by atomic mass is 10.3. The molecule has 0 amide bonds. The summed E-state index contributed by atoms with van der Waals surface area (Å²) in [5.41, 5.74) is 8.06. The van der Waals surface area contributed by atoms with Crippen molar-refractivity contribution in [3.63, 3.8) is 0 Å². The van der Waals surface area contributed by atoms with E-state index in [0.29, 0.717) is 5.69 Å². The summed E-state index contributed by atoms with van der Waals surface area (Å²) in [7, 11) is 1.86. The number of pyridine rings is 1. The largest absolute Gasteiger partial charge is 0.397 e. The Bertz CT molecular complexity index is 390. The lowest BCUT2D eigenvalue weighted by Crippen LogP contribution is -1.91. The van der Waals surface area contributed by atoms with Gasteiger partial charge in [-0.2, -0.15) is 5.10 Å². The number of nitrogen functional groups attached to an aromatic ring is 1. The molecule has 2 aromatic heterocycles. The summed E-state index contributed by atoms with van der Waals surface area (Å²) in [5.74, 6) is 0. The average molecular weight is 148 g/mol. The molecule has 2 heterocycles. The monoisotopic (exact) mass is 148 g/mol. The van der Waals surface area contributed by atoms with Gasteiger partial charge in [-0.25, -0.2) is 0 Å². The zero-order valence-corrected chi connectivity index (χ0v) is 6.15. The molecule has 0 aliphatic heterocycles. The van der Waals surface area contributed by atoms with Gasteiger partial charge in [-0.05, 0) is 6.07 Å². The van der Waals surface area contributed by atoms with Gasteiger partial charge in [-0.1, -0.05) is 0 Å². The van der Waals surface area contributed by atoms with Crippen molar-refractivity contribution in [3.05, 3.63) is 18.5 Å². The maximum absolute atomic E-state index is 5.55. The van der Waals surface area contributed by atoms with E-state index in [1.54, 1.807) is 17.1 Å². The van der Waals surface area contributed by atoms with Gasteiger partial charge in [0.05, 0.1) is 23.6 Å². The van der Waals surface area contributed by atoms with E-state index in [1.807, 2.05) is 13.1 Å². The fourth-order valence-corrected chi connectivity index (χ4v) is 1.04. The van der Waals surface area contributed by atoms with Crippen molar-refractivity contribution in [2.45, 2.75) is 0 Å². The molecule has 2 aromatic rings. The summed E-state index contributed by atoms with van der Waals surface area (Å²) >= 11 is 0. The smallest absolute Gasteiger partial charge is 0.108 e. The van der Waals surface area contributed by atoms with Gasteiger partial charge in [-0.3, -0.25) is 9.67 Å². The van der Waals surface area contributed by atoms with Gasteiger partial charge >= 0.3 is 0 Å². The highest BCUT2D eigenvalue weighted by molar-refractivity contribution is 5.76. The Morgan fingerprint density at radius 2 is 2.27 bits per heavy atom. The second-order valence-corrected chi connectivity index (χ2v) is 2.44. The van der Waals surface area contributed by atoms with E-state index in [9.17, 15) is 0 Å². The van der Waals surface area contributed by atoms with Crippen molar-refractivity contribution in [2.75, 3.05) is 5.73 Å². The van der Waals surface area contributed by atoms with Crippen molar-refractivity contribution >= 4 is 16.7 Å². The van der Waals surface area contributed by atoms with Crippen molar-refractivity contribution in [1.29, 1.82) is 0 Å². The van der Waals surface area contributed by atoms with Crippen LogP contribution in [-0.2, 0) is 7.05 Å². The molecule has 2 rings (SSSR count). The molecule has 2 N–H and O–H groups in total. The maximum Gasteiger partial charge on any atom is 0.108 e. The maximum atomic E-state index is 5.55. The predicted molar refractivity (Wildman–Crippen MR) is 42.9 cm³/mol. The standard InChI is InChI=1S/C7H8N4/c1-11-7-2-5(8)3-9-6(7)4-10-11/h2-4H,8H2,1H3. The van der Waals surface area contributed by atoms with E-state index < -0.39 is 0 Å². The van der Waals surface area contributed by atoms with Crippen LogP contribution in [0.2, 0.25) is 0 Å². The minimum absolute atomic E-state index is 0.668. The summed E-state index contributed by atoms with van der Waals surface area (Å²) in [6.45, 7) is 0. The molecule has 11 heavy (non-hydrogen) atoms. The van der Waals surface area contributed by atoms with Crippen LogP contribution in [0.3, 0.4) is 0 Å². The molecule has 0 saturated heterocycles. The van der Waals surface area contributed by atoms with Gasteiger partial charge in [0.1, 0.15) is 5.52 Å². The van der Waals surface area contributed by atoms with E-state index in [4.69, 9.17) is 5.73 Å². The normalized spacial score (nSPS) is 10.6. The van der Waals surface area contributed by atoms with Crippen LogP contribution in [0.4, 0.5) is 5.69 Å². The van der Waals surface area contributed by atoms with Crippen LogP contribution in [-0.4, -0.2) is 14.8 Å². The third kappa shape index (κ3) is 0.832. The number of hydrogen-bond donors (Lipinski definition) is 1. The molecule has 0 aliphatic rings. The number of rotatable bonds is 0. The van der Waals surface area contributed by atoms with Crippen molar-refractivity contribution < 1.29 is 0 Å². The highest BCUT2D eigenvalue weighted by atomic mass is 15.3. The molecule has 56 valence electrons. The first-order chi connectivity index (χ1) is 5.27. The molecule has 0 aliphatic carbocycles. The second kappa shape index (κ2) is 1.95. The first kappa shape index (κ1) is 6.15.